The highest BCUT2D eigenvalue weighted by Gasteiger charge is 1.98. The van der Waals surface area contributed by atoms with Crippen molar-refractivity contribution in [2.45, 2.75) is 20.5 Å². The van der Waals surface area contributed by atoms with Crippen LogP contribution in [-0.4, -0.2) is 0 Å². The van der Waals surface area contributed by atoms with Crippen molar-refractivity contribution in [2.24, 2.45) is 0 Å². The predicted octanol–water partition coefficient (Wildman–Crippen LogP) is 4.64. The molecule has 0 aliphatic rings. The molecule has 0 aliphatic carbocycles. The summed E-state index contributed by atoms with van der Waals surface area (Å²) in [7, 11) is 0. The van der Waals surface area contributed by atoms with Crippen LogP contribution in [0.5, 0.6) is 5.75 Å². The smallest absolute Gasteiger partial charge is 0.119 e. The second kappa shape index (κ2) is 5.37. The zero-order chi connectivity index (χ0) is 12.3. The Balaban J connectivity index is 2.02. The van der Waals surface area contributed by atoms with E-state index in [1.54, 1.807) is 0 Å². The van der Waals surface area contributed by atoms with Gasteiger partial charge in [0.2, 0.25) is 0 Å². The summed E-state index contributed by atoms with van der Waals surface area (Å²) in [5.41, 5.74) is 3.83. The van der Waals surface area contributed by atoms with Crippen LogP contribution in [0.25, 0.3) is 0 Å². The van der Waals surface area contributed by atoms with Gasteiger partial charge in [0, 0.05) is 4.47 Å². The van der Waals surface area contributed by atoms with Gasteiger partial charge in [-0.15, -0.1) is 0 Å². The van der Waals surface area contributed by atoms with Crippen molar-refractivity contribution in [3.8, 4) is 5.75 Å². The zero-order valence-electron chi connectivity index (χ0n) is 10.0. The third-order valence-electron chi connectivity index (χ3n) is 2.79. The molecule has 0 bridgehead atoms. The van der Waals surface area contributed by atoms with Crippen molar-refractivity contribution in [1.29, 1.82) is 0 Å². The summed E-state index contributed by atoms with van der Waals surface area (Å²) in [6.07, 6.45) is 0. The second-order valence-corrected chi connectivity index (χ2v) is 5.08. The Kier molecular flexibility index (Phi) is 3.85. The highest BCUT2D eigenvalue weighted by atomic mass is 79.9. The summed E-state index contributed by atoms with van der Waals surface area (Å²) in [5.74, 6) is 0.895. The first kappa shape index (κ1) is 12.2. The molecule has 0 amide bonds. The molecule has 2 aromatic carbocycles. The lowest BCUT2D eigenvalue weighted by molar-refractivity contribution is 0.306. The highest BCUT2D eigenvalue weighted by molar-refractivity contribution is 9.10. The van der Waals surface area contributed by atoms with Crippen molar-refractivity contribution in [3.05, 3.63) is 63.6 Å². The van der Waals surface area contributed by atoms with Gasteiger partial charge >= 0.3 is 0 Å². The molecule has 0 aliphatic heterocycles. The van der Waals surface area contributed by atoms with Gasteiger partial charge in [0.25, 0.3) is 0 Å². The van der Waals surface area contributed by atoms with Crippen LogP contribution in [0.4, 0.5) is 0 Å². The summed E-state index contributed by atoms with van der Waals surface area (Å²) in [5, 5.41) is 0. The predicted molar refractivity (Wildman–Crippen MR) is 74.4 cm³/mol. The second-order valence-electron chi connectivity index (χ2n) is 4.16. The molecule has 0 heterocycles. The summed E-state index contributed by atoms with van der Waals surface area (Å²) in [6, 6.07) is 14.3. The quantitative estimate of drug-likeness (QED) is 0.800. The molecule has 0 saturated heterocycles. The van der Waals surface area contributed by atoms with Crippen LogP contribution in [0.3, 0.4) is 0 Å². The Hall–Kier alpha value is -1.28. The van der Waals surface area contributed by atoms with E-state index in [-0.39, 0.29) is 0 Å². The number of hydrogen-bond acceptors (Lipinski definition) is 1. The summed E-state index contributed by atoms with van der Waals surface area (Å²) in [6.45, 7) is 4.86. The summed E-state index contributed by atoms with van der Waals surface area (Å²) in [4.78, 5) is 0. The monoisotopic (exact) mass is 290 g/mol. The van der Waals surface area contributed by atoms with Gasteiger partial charge in [0.05, 0.1) is 0 Å². The number of aryl methyl sites for hydroxylation is 2. The Morgan fingerprint density at radius 2 is 1.65 bits per heavy atom. The van der Waals surface area contributed by atoms with Crippen LogP contribution in [-0.2, 0) is 6.61 Å². The molecule has 0 spiro atoms. The van der Waals surface area contributed by atoms with Crippen molar-refractivity contribution < 1.29 is 4.74 Å². The van der Waals surface area contributed by atoms with E-state index in [1.165, 1.54) is 16.7 Å². The highest BCUT2D eigenvalue weighted by Crippen LogP contribution is 2.18. The van der Waals surface area contributed by atoms with Gasteiger partial charge in [0.15, 0.2) is 0 Å². The minimum Gasteiger partial charge on any atom is -0.489 e. The van der Waals surface area contributed by atoms with Crippen LogP contribution >= 0.6 is 15.9 Å². The molecule has 17 heavy (non-hydrogen) atoms. The van der Waals surface area contributed by atoms with Gasteiger partial charge in [0.1, 0.15) is 12.4 Å². The van der Waals surface area contributed by atoms with Crippen molar-refractivity contribution in [2.75, 3.05) is 0 Å². The minimum absolute atomic E-state index is 0.614. The van der Waals surface area contributed by atoms with E-state index in [0.717, 1.165) is 10.2 Å². The third-order valence-corrected chi connectivity index (χ3v) is 3.32. The summed E-state index contributed by atoms with van der Waals surface area (Å²) >= 11 is 3.40. The maximum Gasteiger partial charge on any atom is 0.119 e. The lowest BCUT2D eigenvalue weighted by Gasteiger charge is -2.08. The fourth-order valence-corrected chi connectivity index (χ4v) is 1.86. The van der Waals surface area contributed by atoms with E-state index in [0.29, 0.717) is 6.61 Å². The minimum atomic E-state index is 0.614. The Labute approximate surface area is 111 Å². The molecule has 0 N–H and O–H groups in total. The lowest BCUT2D eigenvalue weighted by Crippen LogP contribution is -1.96. The lowest BCUT2D eigenvalue weighted by atomic mass is 10.1. The third kappa shape index (κ3) is 3.34. The first-order valence-corrected chi connectivity index (χ1v) is 6.39. The fourth-order valence-electron chi connectivity index (χ4n) is 1.59. The molecular formula is C15H15BrO. The van der Waals surface area contributed by atoms with Gasteiger partial charge in [-0.1, -0.05) is 34.1 Å². The SMILES string of the molecule is Cc1ccc(COc2ccc(Br)cc2)cc1C. The van der Waals surface area contributed by atoms with Crippen LogP contribution in [0.2, 0.25) is 0 Å². The van der Waals surface area contributed by atoms with Gasteiger partial charge in [-0.25, -0.2) is 0 Å². The van der Waals surface area contributed by atoms with Crippen molar-refractivity contribution in [1.82, 2.24) is 0 Å². The molecular weight excluding hydrogens is 276 g/mol. The number of hydrogen-bond donors (Lipinski definition) is 0. The summed E-state index contributed by atoms with van der Waals surface area (Å²) < 4.78 is 6.79. The maximum absolute atomic E-state index is 5.72. The standard InChI is InChI=1S/C15H15BrO/c1-11-3-4-13(9-12(11)2)10-17-15-7-5-14(16)6-8-15/h3-9H,10H2,1-2H3. The van der Waals surface area contributed by atoms with E-state index in [4.69, 9.17) is 4.74 Å². The molecule has 0 saturated carbocycles. The Morgan fingerprint density at radius 3 is 2.29 bits per heavy atom. The largest absolute Gasteiger partial charge is 0.489 e. The molecule has 0 unspecified atom stereocenters. The number of halogens is 1. The van der Waals surface area contributed by atoms with Crippen LogP contribution in [0.1, 0.15) is 16.7 Å². The molecule has 2 aromatic rings. The van der Waals surface area contributed by atoms with Gasteiger partial charge in [-0.05, 0) is 54.8 Å². The molecule has 88 valence electrons. The molecule has 2 heteroatoms. The fraction of sp³-hybridized carbons (Fsp3) is 0.200. The van der Waals surface area contributed by atoms with E-state index in [2.05, 4.69) is 48.0 Å². The van der Waals surface area contributed by atoms with E-state index >= 15 is 0 Å². The zero-order valence-corrected chi connectivity index (χ0v) is 11.6. The number of rotatable bonds is 3. The van der Waals surface area contributed by atoms with Crippen LogP contribution in [0, 0.1) is 13.8 Å². The van der Waals surface area contributed by atoms with Crippen molar-refractivity contribution >= 4 is 15.9 Å². The molecule has 0 atom stereocenters. The molecule has 0 radical (unpaired) electrons. The van der Waals surface area contributed by atoms with Crippen LogP contribution < -0.4 is 4.74 Å². The number of ether oxygens (including phenoxy) is 1. The Morgan fingerprint density at radius 1 is 0.941 bits per heavy atom. The maximum atomic E-state index is 5.72. The molecule has 0 fully saturated rings. The normalized spacial score (nSPS) is 10.3. The van der Waals surface area contributed by atoms with Gasteiger partial charge < -0.3 is 4.74 Å². The van der Waals surface area contributed by atoms with Gasteiger partial charge in [-0.2, -0.15) is 0 Å². The average Bonchev–Trinajstić information content (AvgIpc) is 2.33. The molecule has 2 rings (SSSR count). The molecule has 1 nitrogen and oxygen atoms in total. The van der Waals surface area contributed by atoms with E-state index in [1.807, 2.05) is 24.3 Å². The molecule has 0 aromatic heterocycles. The van der Waals surface area contributed by atoms with E-state index in [9.17, 15) is 0 Å². The van der Waals surface area contributed by atoms with E-state index < -0.39 is 0 Å². The van der Waals surface area contributed by atoms with Crippen LogP contribution in [0.15, 0.2) is 46.9 Å². The Bertz CT molecular complexity index is 503. The topological polar surface area (TPSA) is 9.23 Å². The first-order valence-electron chi connectivity index (χ1n) is 5.59. The van der Waals surface area contributed by atoms with Gasteiger partial charge in [-0.3, -0.25) is 0 Å². The van der Waals surface area contributed by atoms with Crippen molar-refractivity contribution in [3.63, 3.8) is 0 Å². The number of benzene rings is 2. The first-order chi connectivity index (χ1) is 8.15. The average molecular weight is 291 g/mol.